The number of benzene rings is 1. The number of allylic oxidation sites excluding steroid dienone is 1. The fourth-order valence-corrected chi connectivity index (χ4v) is 5.87. The normalized spacial score (nSPS) is 24.7. The molecule has 9 nitrogen and oxygen atoms in total. The Kier molecular flexibility index (Phi) is 13.4. The highest BCUT2D eigenvalue weighted by molar-refractivity contribution is 6.31. The molecule has 1 aromatic rings. The molecule has 2 aliphatic carbocycles. The van der Waals surface area contributed by atoms with E-state index in [0.29, 0.717) is 42.0 Å². The molecule has 0 spiro atoms. The highest BCUT2D eigenvalue weighted by Gasteiger charge is 2.46. The van der Waals surface area contributed by atoms with Crippen LogP contribution in [0.2, 0.25) is 5.02 Å². The van der Waals surface area contributed by atoms with Gasteiger partial charge in [0.15, 0.2) is 5.78 Å². The molecule has 2 aliphatic rings. The molecular weight excluding hydrogens is 574 g/mol. The third-order valence-electron chi connectivity index (χ3n) is 8.39. The van der Waals surface area contributed by atoms with Gasteiger partial charge in [0.1, 0.15) is 19.3 Å². The summed E-state index contributed by atoms with van der Waals surface area (Å²) in [5.41, 5.74) is 2.11. The molecule has 43 heavy (non-hydrogen) atoms. The van der Waals surface area contributed by atoms with E-state index in [1.807, 2.05) is 39.0 Å². The molecule has 1 fully saturated rings. The van der Waals surface area contributed by atoms with Crippen LogP contribution >= 0.6 is 11.6 Å². The number of rotatable bonds is 15. The predicted molar refractivity (Wildman–Crippen MR) is 163 cm³/mol. The molecule has 0 aromatic heterocycles. The van der Waals surface area contributed by atoms with E-state index in [-0.39, 0.29) is 67.9 Å². The van der Waals surface area contributed by atoms with Crippen LogP contribution in [0, 0.1) is 23.7 Å². The molecule has 7 atom stereocenters. The van der Waals surface area contributed by atoms with Crippen molar-refractivity contribution in [3.63, 3.8) is 0 Å². The lowest BCUT2D eigenvalue weighted by Crippen LogP contribution is -2.46. The Morgan fingerprint density at radius 2 is 1.98 bits per heavy atom. The minimum atomic E-state index is -1.07. The van der Waals surface area contributed by atoms with Crippen molar-refractivity contribution in [1.29, 1.82) is 0 Å². The highest BCUT2D eigenvalue weighted by atomic mass is 35.5. The van der Waals surface area contributed by atoms with Gasteiger partial charge in [0.05, 0.1) is 30.3 Å². The van der Waals surface area contributed by atoms with E-state index in [9.17, 15) is 24.6 Å². The van der Waals surface area contributed by atoms with Gasteiger partial charge in [0.2, 0.25) is 0 Å². The summed E-state index contributed by atoms with van der Waals surface area (Å²) in [6.45, 7) is 9.31. The standard InChI is InChI=1S/C33H44ClNO8/c1-5-15-41-31(39)17-24(37)16-23(36)11-12-25-21(4)29(38)18-26-28(35-42-19-22-9-7-8-10-27(22)34)13-14-30(32(25)26)43-33(40)20(3)6-2/h5,7-10,18,20-21,23-25,30,32,36-37H,1,6,11-17,19H2,2-4H3/b35-28-. The number of fused-ring (bicyclic) bond motifs is 1. The second-order valence-corrected chi connectivity index (χ2v) is 11.9. The molecule has 2 N–H and O–H groups in total. The van der Waals surface area contributed by atoms with Gasteiger partial charge in [-0.25, -0.2) is 0 Å². The molecule has 0 radical (unpaired) electrons. The van der Waals surface area contributed by atoms with Crippen LogP contribution in [-0.4, -0.2) is 58.6 Å². The minimum absolute atomic E-state index is 0.0133. The third kappa shape index (κ3) is 9.74. The largest absolute Gasteiger partial charge is 0.461 e. The van der Waals surface area contributed by atoms with Gasteiger partial charge in [-0.3, -0.25) is 14.4 Å². The molecule has 0 saturated heterocycles. The van der Waals surface area contributed by atoms with E-state index in [0.717, 1.165) is 5.56 Å². The Bertz CT molecular complexity index is 1200. The van der Waals surface area contributed by atoms with Gasteiger partial charge in [-0.15, -0.1) is 0 Å². The van der Waals surface area contributed by atoms with Crippen LogP contribution < -0.4 is 0 Å². The van der Waals surface area contributed by atoms with Crippen LogP contribution in [0.25, 0.3) is 0 Å². The topological polar surface area (TPSA) is 132 Å². The Morgan fingerprint density at radius 3 is 2.67 bits per heavy atom. The molecule has 10 heteroatoms. The van der Waals surface area contributed by atoms with Crippen LogP contribution in [0.15, 0.2) is 53.7 Å². The molecule has 0 aliphatic heterocycles. The zero-order valence-electron chi connectivity index (χ0n) is 25.2. The number of ether oxygens (including phenoxy) is 2. The van der Waals surface area contributed by atoms with Gasteiger partial charge >= 0.3 is 11.9 Å². The SMILES string of the molecule is C=CCOC(=O)CC(O)CC(O)CCC1C(C)C(=O)C=C2/C(=N\OCc3ccccc3Cl)CCC(OC(=O)C(C)CC)C21. The molecule has 3 rings (SSSR count). The van der Waals surface area contributed by atoms with Gasteiger partial charge in [-0.2, -0.15) is 0 Å². The first kappa shape index (κ1) is 34.5. The molecular formula is C33H44ClNO8. The number of halogens is 1. The van der Waals surface area contributed by atoms with Crippen molar-refractivity contribution < 1.29 is 38.9 Å². The first-order valence-corrected chi connectivity index (χ1v) is 15.4. The number of hydrogen-bond acceptors (Lipinski definition) is 9. The van der Waals surface area contributed by atoms with Crippen molar-refractivity contribution in [2.75, 3.05) is 6.61 Å². The van der Waals surface area contributed by atoms with E-state index in [1.165, 1.54) is 6.08 Å². The molecule has 0 bridgehead atoms. The number of aliphatic hydroxyl groups is 2. The molecule has 0 amide bonds. The Hall–Kier alpha value is -3.01. The van der Waals surface area contributed by atoms with Gasteiger partial charge in [-0.1, -0.05) is 68.4 Å². The summed E-state index contributed by atoms with van der Waals surface area (Å²) < 4.78 is 11.0. The third-order valence-corrected chi connectivity index (χ3v) is 8.75. The van der Waals surface area contributed by atoms with Crippen LogP contribution in [0.4, 0.5) is 0 Å². The average Bonchev–Trinajstić information content (AvgIpc) is 2.97. The van der Waals surface area contributed by atoms with Gasteiger partial charge in [0, 0.05) is 22.4 Å². The Labute approximate surface area is 258 Å². The summed E-state index contributed by atoms with van der Waals surface area (Å²) in [4.78, 5) is 43.6. The number of aliphatic hydroxyl groups excluding tert-OH is 2. The maximum absolute atomic E-state index is 13.2. The maximum Gasteiger partial charge on any atom is 0.308 e. The van der Waals surface area contributed by atoms with Gasteiger partial charge in [0.25, 0.3) is 0 Å². The lowest BCUT2D eigenvalue weighted by molar-refractivity contribution is -0.158. The van der Waals surface area contributed by atoms with Crippen molar-refractivity contribution in [3.05, 3.63) is 59.2 Å². The Balaban J connectivity index is 1.78. The Morgan fingerprint density at radius 1 is 1.23 bits per heavy atom. The first-order valence-electron chi connectivity index (χ1n) is 15.1. The summed E-state index contributed by atoms with van der Waals surface area (Å²) >= 11 is 6.26. The molecule has 1 saturated carbocycles. The summed E-state index contributed by atoms with van der Waals surface area (Å²) in [5.74, 6) is -2.13. The van der Waals surface area contributed by atoms with E-state index < -0.39 is 24.3 Å². The van der Waals surface area contributed by atoms with E-state index in [2.05, 4.69) is 11.7 Å². The van der Waals surface area contributed by atoms with Gasteiger partial charge < -0.3 is 24.5 Å². The number of carbonyl (C=O) groups is 3. The molecule has 236 valence electrons. The highest BCUT2D eigenvalue weighted by Crippen LogP contribution is 2.45. The number of ketones is 1. The van der Waals surface area contributed by atoms with Crippen molar-refractivity contribution in [3.8, 4) is 0 Å². The lowest BCUT2D eigenvalue weighted by Gasteiger charge is -2.43. The molecule has 1 aromatic carbocycles. The van der Waals surface area contributed by atoms with E-state index in [1.54, 1.807) is 12.1 Å². The quantitative estimate of drug-likeness (QED) is 0.153. The summed E-state index contributed by atoms with van der Waals surface area (Å²) in [6, 6.07) is 7.32. The monoisotopic (exact) mass is 617 g/mol. The van der Waals surface area contributed by atoms with Gasteiger partial charge in [-0.05, 0) is 62.2 Å². The second kappa shape index (κ2) is 16.7. The number of oxime groups is 1. The summed E-state index contributed by atoms with van der Waals surface area (Å²) in [5, 5.41) is 26.0. The van der Waals surface area contributed by atoms with Crippen LogP contribution in [0.5, 0.6) is 0 Å². The first-order chi connectivity index (χ1) is 20.5. The van der Waals surface area contributed by atoms with Crippen LogP contribution in [0.1, 0.15) is 71.3 Å². The summed E-state index contributed by atoms with van der Waals surface area (Å²) in [6.07, 6.45) is 2.71. The van der Waals surface area contributed by atoms with Crippen molar-refractivity contribution in [2.45, 2.75) is 90.6 Å². The number of nitrogens with zero attached hydrogens (tertiary/aromatic N) is 1. The molecule has 0 heterocycles. The van der Waals surface area contributed by atoms with E-state index >= 15 is 0 Å². The van der Waals surface area contributed by atoms with Crippen molar-refractivity contribution >= 4 is 35.0 Å². The predicted octanol–water partition coefficient (Wildman–Crippen LogP) is 5.35. The number of carbonyl (C=O) groups excluding carboxylic acids is 3. The number of esters is 2. The smallest absolute Gasteiger partial charge is 0.308 e. The van der Waals surface area contributed by atoms with Crippen LogP contribution in [-0.2, 0) is 35.3 Å². The van der Waals surface area contributed by atoms with E-state index in [4.69, 9.17) is 25.9 Å². The second-order valence-electron chi connectivity index (χ2n) is 11.5. The minimum Gasteiger partial charge on any atom is -0.461 e. The lowest BCUT2D eigenvalue weighted by atomic mass is 9.63. The fourth-order valence-electron chi connectivity index (χ4n) is 5.68. The fraction of sp³-hybridized carbons (Fsp3) is 0.576. The molecule has 7 unspecified atom stereocenters. The van der Waals surface area contributed by atoms with Crippen molar-refractivity contribution in [2.24, 2.45) is 28.8 Å². The zero-order chi connectivity index (χ0) is 31.5. The number of hydrogen-bond donors (Lipinski definition) is 2. The van der Waals surface area contributed by atoms with Crippen molar-refractivity contribution in [1.82, 2.24) is 0 Å². The zero-order valence-corrected chi connectivity index (χ0v) is 26.0. The maximum atomic E-state index is 13.2. The summed E-state index contributed by atoms with van der Waals surface area (Å²) in [7, 11) is 0. The average molecular weight is 618 g/mol. The van der Waals surface area contributed by atoms with Crippen LogP contribution in [0.3, 0.4) is 0 Å².